The molecule has 5 nitrogen and oxygen atoms in total. The zero-order valence-corrected chi connectivity index (χ0v) is 17.1. The van der Waals surface area contributed by atoms with Gasteiger partial charge in [0.2, 0.25) is 0 Å². The van der Waals surface area contributed by atoms with Crippen molar-refractivity contribution in [2.75, 3.05) is 7.11 Å². The summed E-state index contributed by atoms with van der Waals surface area (Å²) in [5, 5.41) is 0.688. The van der Waals surface area contributed by atoms with Crippen LogP contribution in [0.4, 0.5) is 0 Å². The summed E-state index contributed by atoms with van der Waals surface area (Å²) in [5.41, 5.74) is 0.179. The van der Waals surface area contributed by atoms with Gasteiger partial charge in [-0.05, 0) is 65.1 Å². The zero-order chi connectivity index (χ0) is 18.3. The number of aromatic nitrogens is 2. The van der Waals surface area contributed by atoms with Crippen LogP contribution in [-0.4, -0.2) is 22.6 Å². The maximum Gasteiger partial charge on any atom is 0.269 e. The van der Waals surface area contributed by atoms with Crippen LogP contribution in [-0.2, 0) is 0 Å². The fraction of sp³-hybridized carbons (Fsp3) is 0.0625. The van der Waals surface area contributed by atoms with E-state index in [0.717, 1.165) is 8.14 Å². The molecule has 0 aliphatic carbocycles. The van der Waals surface area contributed by atoms with Crippen LogP contribution in [0.2, 0.25) is 10.0 Å². The molecular formula is C16H9Cl2IN2O3S. The predicted molar refractivity (Wildman–Crippen MR) is 109 cm³/mol. The van der Waals surface area contributed by atoms with E-state index in [2.05, 4.69) is 27.6 Å². The Bertz CT molecular complexity index is 1120. The van der Waals surface area contributed by atoms with E-state index in [9.17, 15) is 9.59 Å². The van der Waals surface area contributed by atoms with E-state index in [4.69, 9.17) is 40.2 Å². The molecule has 1 heterocycles. The number of nitrogens with one attached hydrogen (secondary N) is 1. The van der Waals surface area contributed by atoms with Crippen LogP contribution >= 0.6 is 58.0 Å². The highest BCUT2D eigenvalue weighted by molar-refractivity contribution is 14.1. The Morgan fingerprint density at radius 1 is 1.24 bits per heavy atom. The molecule has 0 saturated heterocycles. The summed E-state index contributed by atoms with van der Waals surface area (Å²) in [6, 6.07) is 8.03. The second kappa shape index (κ2) is 7.06. The van der Waals surface area contributed by atoms with Gasteiger partial charge < -0.3 is 9.72 Å². The maximum absolute atomic E-state index is 12.8. The van der Waals surface area contributed by atoms with E-state index < -0.39 is 11.5 Å². The van der Waals surface area contributed by atoms with Crippen molar-refractivity contribution in [3.8, 4) is 5.75 Å². The molecule has 0 saturated carbocycles. The van der Waals surface area contributed by atoms with Crippen molar-refractivity contribution in [2.24, 2.45) is 0 Å². The van der Waals surface area contributed by atoms with E-state index in [-0.39, 0.29) is 26.1 Å². The number of hydrogen-bond donors (Lipinski definition) is 1. The lowest BCUT2D eigenvalue weighted by molar-refractivity contribution is 0.0953. The first-order valence-electron chi connectivity index (χ1n) is 6.86. The van der Waals surface area contributed by atoms with Gasteiger partial charge in [-0.2, -0.15) is 0 Å². The van der Waals surface area contributed by atoms with Gasteiger partial charge in [0.05, 0.1) is 28.1 Å². The molecule has 0 spiro atoms. The summed E-state index contributed by atoms with van der Waals surface area (Å²) >= 11 is 19.4. The standard InChI is InChI=1S/C16H9Cl2IN2O3S/c1-24-13-10(17)4-7(5-11(13)18)14(22)21-15(23)9-6-8(19)2-3-12(9)20-16(21)25/h2-6H,1H3,(H,20,25). The average molecular weight is 507 g/mol. The molecule has 0 amide bonds. The van der Waals surface area contributed by atoms with Gasteiger partial charge in [-0.15, -0.1) is 0 Å². The lowest BCUT2D eigenvalue weighted by Crippen LogP contribution is -2.29. The van der Waals surface area contributed by atoms with E-state index in [1.807, 2.05) is 6.07 Å². The number of aromatic amines is 1. The molecule has 3 rings (SSSR count). The van der Waals surface area contributed by atoms with Crippen molar-refractivity contribution in [1.29, 1.82) is 0 Å². The summed E-state index contributed by atoms with van der Waals surface area (Å²) in [5.74, 6) is -0.371. The van der Waals surface area contributed by atoms with Crippen LogP contribution in [0.25, 0.3) is 10.9 Å². The number of fused-ring (bicyclic) bond motifs is 1. The number of halogens is 3. The number of H-pyrrole nitrogens is 1. The zero-order valence-electron chi connectivity index (χ0n) is 12.6. The van der Waals surface area contributed by atoms with Crippen molar-refractivity contribution < 1.29 is 9.53 Å². The lowest BCUT2D eigenvalue weighted by atomic mass is 10.2. The van der Waals surface area contributed by atoms with E-state index >= 15 is 0 Å². The van der Waals surface area contributed by atoms with Crippen molar-refractivity contribution in [3.63, 3.8) is 0 Å². The first-order chi connectivity index (χ1) is 11.8. The molecule has 25 heavy (non-hydrogen) atoms. The SMILES string of the molecule is COc1c(Cl)cc(C(=O)n2c(=S)[nH]c3ccc(I)cc3c2=O)cc1Cl. The fourth-order valence-electron chi connectivity index (χ4n) is 2.38. The third-order valence-corrected chi connectivity index (χ3v) is 5.03. The number of ether oxygens (including phenoxy) is 1. The third-order valence-electron chi connectivity index (χ3n) is 3.51. The number of rotatable bonds is 2. The highest BCUT2D eigenvalue weighted by atomic mass is 127. The molecule has 0 atom stereocenters. The van der Waals surface area contributed by atoms with Gasteiger partial charge >= 0.3 is 0 Å². The van der Waals surface area contributed by atoms with Crippen LogP contribution in [0.5, 0.6) is 5.75 Å². The maximum atomic E-state index is 12.8. The number of hydrogen-bond acceptors (Lipinski definition) is 4. The Labute approximate surface area is 170 Å². The van der Waals surface area contributed by atoms with Crippen molar-refractivity contribution >= 4 is 74.8 Å². The number of benzene rings is 2. The quantitative estimate of drug-likeness (QED) is 0.405. The highest BCUT2D eigenvalue weighted by Gasteiger charge is 2.18. The molecule has 0 bridgehead atoms. The minimum atomic E-state index is -0.626. The Kier molecular flexibility index (Phi) is 5.19. The molecule has 0 aliphatic rings. The predicted octanol–water partition coefficient (Wildman–Crippen LogP) is 4.67. The normalized spacial score (nSPS) is 10.9. The monoisotopic (exact) mass is 506 g/mol. The van der Waals surface area contributed by atoms with Crippen molar-refractivity contribution in [2.45, 2.75) is 0 Å². The van der Waals surface area contributed by atoms with Crippen LogP contribution < -0.4 is 10.3 Å². The van der Waals surface area contributed by atoms with Gasteiger partial charge in [-0.25, -0.2) is 4.57 Å². The number of nitrogens with zero attached hydrogens (tertiary/aromatic N) is 1. The summed E-state index contributed by atoms with van der Waals surface area (Å²) < 4.78 is 6.81. The lowest BCUT2D eigenvalue weighted by Gasteiger charge is -2.10. The van der Waals surface area contributed by atoms with Crippen LogP contribution in [0, 0.1) is 8.34 Å². The second-order valence-corrected chi connectivity index (χ2v) is 7.49. The van der Waals surface area contributed by atoms with Crippen molar-refractivity contribution in [3.05, 3.63) is 64.6 Å². The van der Waals surface area contributed by atoms with Gasteiger partial charge in [-0.1, -0.05) is 23.2 Å². The van der Waals surface area contributed by atoms with Gasteiger partial charge in [0.25, 0.3) is 11.5 Å². The molecule has 0 fully saturated rings. The molecule has 1 N–H and O–H groups in total. The van der Waals surface area contributed by atoms with Gasteiger partial charge in [0.1, 0.15) is 0 Å². The number of carbonyl (C=O) groups excluding carboxylic acids is 1. The van der Waals surface area contributed by atoms with Crippen LogP contribution in [0.1, 0.15) is 10.4 Å². The summed E-state index contributed by atoms with van der Waals surface area (Å²) in [6.07, 6.45) is 0. The molecule has 0 radical (unpaired) electrons. The minimum absolute atomic E-state index is 0.00762. The summed E-state index contributed by atoms with van der Waals surface area (Å²) in [6.45, 7) is 0. The largest absolute Gasteiger partial charge is 0.494 e. The van der Waals surface area contributed by atoms with Gasteiger partial charge in [-0.3, -0.25) is 9.59 Å². The Balaban J connectivity index is 2.25. The molecule has 128 valence electrons. The Hall–Kier alpha value is -1.42. The molecular weight excluding hydrogens is 498 g/mol. The minimum Gasteiger partial charge on any atom is -0.494 e. The molecule has 2 aromatic carbocycles. The first-order valence-corrected chi connectivity index (χ1v) is 9.10. The Morgan fingerprint density at radius 2 is 1.88 bits per heavy atom. The molecule has 3 aromatic rings. The average Bonchev–Trinajstić information content (AvgIpc) is 2.55. The third kappa shape index (κ3) is 3.33. The first kappa shape index (κ1) is 18.4. The topological polar surface area (TPSA) is 64.1 Å². The highest BCUT2D eigenvalue weighted by Crippen LogP contribution is 2.34. The summed E-state index contributed by atoms with van der Waals surface area (Å²) in [7, 11) is 1.42. The summed E-state index contributed by atoms with van der Waals surface area (Å²) in [4.78, 5) is 28.5. The molecule has 0 aliphatic heterocycles. The van der Waals surface area contributed by atoms with Crippen molar-refractivity contribution in [1.82, 2.24) is 9.55 Å². The number of carbonyl (C=O) groups is 1. The van der Waals surface area contributed by atoms with E-state index in [1.54, 1.807) is 12.1 Å². The van der Waals surface area contributed by atoms with E-state index in [0.29, 0.717) is 10.9 Å². The van der Waals surface area contributed by atoms with Gasteiger partial charge in [0.15, 0.2) is 10.5 Å². The van der Waals surface area contributed by atoms with Crippen LogP contribution in [0.3, 0.4) is 0 Å². The Morgan fingerprint density at radius 3 is 2.48 bits per heavy atom. The van der Waals surface area contributed by atoms with Crippen LogP contribution in [0.15, 0.2) is 35.1 Å². The molecule has 0 unspecified atom stereocenters. The van der Waals surface area contributed by atoms with E-state index in [1.165, 1.54) is 19.2 Å². The fourth-order valence-corrected chi connectivity index (χ4v) is 3.79. The second-order valence-electron chi connectivity index (χ2n) is 5.04. The molecule has 9 heteroatoms. The molecule has 1 aromatic heterocycles. The number of methoxy groups -OCH3 is 1. The van der Waals surface area contributed by atoms with Gasteiger partial charge in [0, 0.05) is 9.13 Å². The smallest absolute Gasteiger partial charge is 0.269 e.